The quantitative estimate of drug-likeness (QED) is 0.0733. The molecular weight excluding hydrogens is 901 g/mol. The van der Waals surface area contributed by atoms with Crippen molar-refractivity contribution in [1.82, 2.24) is 29.9 Å². The molecule has 8 rings (SSSR count). The Kier molecular flexibility index (Phi) is 18.6. The van der Waals surface area contributed by atoms with Gasteiger partial charge in [0.1, 0.15) is 11.5 Å². The summed E-state index contributed by atoms with van der Waals surface area (Å²) in [6.07, 6.45) is 14.2. The predicted molar refractivity (Wildman–Crippen MR) is 252 cm³/mol. The highest BCUT2D eigenvalue weighted by Gasteiger charge is 2.18. The van der Waals surface area contributed by atoms with E-state index < -0.39 is 11.6 Å². The van der Waals surface area contributed by atoms with Crippen molar-refractivity contribution >= 4 is 70.0 Å². The van der Waals surface area contributed by atoms with E-state index in [2.05, 4.69) is 51.2 Å². The molecule has 0 aliphatic heterocycles. The summed E-state index contributed by atoms with van der Waals surface area (Å²) in [5.74, 6) is 1.33. The predicted octanol–water partition coefficient (Wildman–Crippen LogP) is 12.9. The lowest BCUT2D eigenvalue weighted by Gasteiger charge is -2.17. The second-order valence-corrected chi connectivity index (χ2v) is 16.3. The van der Waals surface area contributed by atoms with E-state index in [1.54, 1.807) is 62.8 Å². The minimum Gasteiger partial charge on any atom is -0.505 e. The number of methoxy groups -OCH3 is 2. The van der Waals surface area contributed by atoms with E-state index in [0.717, 1.165) is 44.2 Å². The van der Waals surface area contributed by atoms with E-state index in [-0.39, 0.29) is 34.8 Å². The second-order valence-electron chi connectivity index (χ2n) is 15.1. The number of phenolic OH excluding ortho intramolecular Hbond substituents is 1. The first-order chi connectivity index (χ1) is 31.5. The van der Waals surface area contributed by atoms with Crippen LogP contribution in [0.5, 0.6) is 29.0 Å². The molecule has 0 bridgehead atoms. The molecule has 14 nitrogen and oxygen atoms in total. The van der Waals surface area contributed by atoms with Gasteiger partial charge in [-0.25, -0.2) is 8.78 Å². The van der Waals surface area contributed by atoms with Crippen molar-refractivity contribution in [2.24, 2.45) is 0 Å². The minimum atomic E-state index is -0.576. The van der Waals surface area contributed by atoms with E-state index >= 15 is 0 Å². The monoisotopic (exact) mass is 950 g/mol. The van der Waals surface area contributed by atoms with Crippen LogP contribution in [0.25, 0.3) is 0 Å². The average molecular weight is 952 g/mol. The van der Waals surface area contributed by atoms with Crippen LogP contribution >= 0.6 is 34.8 Å². The van der Waals surface area contributed by atoms with Gasteiger partial charge in [0.15, 0.2) is 23.1 Å². The van der Waals surface area contributed by atoms with Crippen LogP contribution in [0.4, 0.5) is 43.9 Å². The maximum atomic E-state index is 14.1. The molecule has 0 amide bonds. The molecule has 0 atom stereocenters. The van der Waals surface area contributed by atoms with Crippen molar-refractivity contribution in [3.63, 3.8) is 0 Å². The Hall–Kier alpha value is -5.97. The van der Waals surface area contributed by atoms with Gasteiger partial charge in [-0.3, -0.25) is 0 Å². The molecule has 2 heterocycles. The number of hydrogen-bond acceptors (Lipinski definition) is 14. The number of halogens is 5. The zero-order valence-electron chi connectivity index (χ0n) is 36.0. The smallest absolute Gasteiger partial charge is 0.328 e. The molecule has 2 fully saturated rings. The maximum Gasteiger partial charge on any atom is 0.328 e. The molecule has 2 aromatic heterocycles. The Bertz CT molecular complexity index is 2420. The van der Waals surface area contributed by atoms with E-state index in [0.29, 0.717) is 51.1 Å². The second kappa shape index (κ2) is 24.9. The van der Waals surface area contributed by atoms with Crippen LogP contribution in [0.1, 0.15) is 77.0 Å². The Labute approximate surface area is 391 Å². The highest BCUT2D eigenvalue weighted by atomic mass is 35.5. The van der Waals surface area contributed by atoms with E-state index in [4.69, 9.17) is 54.1 Å². The summed E-state index contributed by atoms with van der Waals surface area (Å²) < 4.78 is 42.2. The van der Waals surface area contributed by atoms with Crippen molar-refractivity contribution in [1.29, 1.82) is 0 Å². The number of ether oxygens (including phenoxy) is 3. The highest BCUT2D eigenvalue weighted by Crippen LogP contribution is 2.31. The molecule has 0 radical (unpaired) electrons. The van der Waals surface area contributed by atoms with Gasteiger partial charge < -0.3 is 40.6 Å². The number of phenols is 1. The first-order valence-electron chi connectivity index (χ1n) is 21.3. The third-order valence-corrected chi connectivity index (χ3v) is 11.1. The van der Waals surface area contributed by atoms with E-state index in [1.165, 1.54) is 68.9 Å². The Morgan fingerprint density at radius 1 is 0.523 bits per heavy atom. The van der Waals surface area contributed by atoms with Gasteiger partial charge in [0.2, 0.25) is 29.1 Å². The first-order valence-corrected chi connectivity index (χ1v) is 22.5. The lowest BCUT2D eigenvalue weighted by Crippen LogP contribution is -2.20. The number of nitrogens with zero attached hydrogens (tertiary/aromatic N) is 6. The van der Waals surface area contributed by atoms with Gasteiger partial charge in [0.25, 0.3) is 0 Å². The number of anilines is 6. The zero-order chi connectivity index (χ0) is 46.0. The van der Waals surface area contributed by atoms with Crippen LogP contribution in [-0.4, -0.2) is 61.3 Å². The van der Waals surface area contributed by atoms with Crippen molar-refractivity contribution < 1.29 is 28.1 Å². The van der Waals surface area contributed by atoms with Crippen molar-refractivity contribution in [3.05, 3.63) is 112 Å². The maximum absolute atomic E-state index is 14.1. The molecule has 5 N–H and O–H groups in total. The summed E-state index contributed by atoms with van der Waals surface area (Å²) in [5.41, 5.74) is 1.41. The number of aromatic nitrogens is 6. The fraction of sp³-hybridized carbons (Fsp3) is 0.348. The van der Waals surface area contributed by atoms with Crippen LogP contribution in [0.3, 0.4) is 0 Å². The molecule has 2 aliphatic rings. The Morgan fingerprint density at radius 3 is 1.43 bits per heavy atom. The van der Waals surface area contributed by atoms with Crippen LogP contribution in [0, 0.1) is 11.6 Å². The molecule has 0 unspecified atom stereocenters. The number of para-hydroxylation sites is 2. The number of hydrogen-bond donors (Lipinski definition) is 5. The highest BCUT2D eigenvalue weighted by molar-refractivity contribution is 6.32. The summed E-state index contributed by atoms with van der Waals surface area (Å²) in [7, 11) is 3.13. The van der Waals surface area contributed by atoms with Gasteiger partial charge >= 0.3 is 6.01 Å². The largest absolute Gasteiger partial charge is 0.505 e. The van der Waals surface area contributed by atoms with Gasteiger partial charge in [-0.2, -0.15) is 29.9 Å². The van der Waals surface area contributed by atoms with E-state index in [9.17, 15) is 8.78 Å². The van der Waals surface area contributed by atoms with Crippen molar-refractivity contribution in [3.8, 4) is 29.0 Å². The van der Waals surface area contributed by atoms with Crippen LogP contribution < -0.4 is 35.5 Å². The van der Waals surface area contributed by atoms with Crippen molar-refractivity contribution in [2.45, 2.75) is 89.1 Å². The summed E-state index contributed by atoms with van der Waals surface area (Å²) in [6.45, 7) is 0. The molecule has 2 aliphatic carbocycles. The third kappa shape index (κ3) is 15.6. The van der Waals surface area contributed by atoms with Crippen LogP contribution in [-0.2, 0) is 0 Å². The van der Waals surface area contributed by atoms with E-state index in [1.807, 2.05) is 6.07 Å². The number of aromatic hydroxyl groups is 1. The molecule has 4 aromatic carbocycles. The molecule has 6 aromatic rings. The van der Waals surface area contributed by atoms with Crippen LogP contribution in [0.2, 0.25) is 15.3 Å². The van der Waals surface area contributed by atoms with Gasteiger partial charge in [-0.05, 0) is 97.9 Å². The molecule has 2 saturated carbocycles. The first kappa shape index (κ1) is 48.5. The van der Waals surface area contributed by atoms with Crippen LogP contribution in [0.15, 0.2) is 84.9 Å². The summed E-state index contributed by atoms with van der Waals surface area (Å²) in [4.78, 5) is 25.9. The summed E-state index contributed by atoms with van der Waals surface area (Å²) in [5, 5.41) is 22.6. The fourth-order valence-corrected chi connectivity index (χ4v) is 7.71. The Balaban J connectivity index is 0.000000188. The van der Waals surface area contributed by atoms with Gasteiger partial charge in [0, 0.05) is 23.5 Å². The molecule has 0 spiro atoms. The van der Waals surface area contributed by atoms with Crippen molar-refractivity contribution in [2.75, 3.05) is 35.5 Å². The third-order valence-electron chi connectivity index (χ3n) is 10.3. The summed E-state index contributed by atoms with van der Waals surface area (Å²) >= 11 is 18.4. The zero-order valence-corrected chi connectivity index (χ0v) is 38.2. The lowest BCUT2D eigenvalue weighted by atomic mass is 10.1. The molecule has 65 heavy (non-hydrogen) atoms. The standard InChI is InChI=1S/C23H25ClFN5O2.C17H21Cl2N5O.C6H5FO/c1-31-19-13-12-16(14-17(19)24)27-22-28-21(26-15-8-4-2-3-5-9-15)29-23(30-22)32-20-11-7-6-10-18(20)25;1-25-14-9-8-12(10-13(14)18)21-17-23-15(19)22-16(24-17)20-11-6-4-2-3-5-7-11;7-5-3-1-2-4-6(5)8/h6-7,10-15H,2-5,8-9H2,1H3,(H2,26,27,28,29,30);8-11H,2-7H2,1H3,(H2,20,21,22,23,24);1-4,8H. The normalized spacial score (nSPS) is 14.2. The fourth-order valence-electron chi connectivity index (χ4n) is 7.03. The van der Waals surface area contributed by atoms with Gasteiger partial charge in [-0.1, -0.05) is 98.8 Å². The Morgan fingerprint density at radius 2 is 0.969 bits per heavy atom. The molecule has 344 valence electrons. The number of nitrogens with one attached hydrogen (secondary N) is 4. The SMILES string of the molecule is COc1ccc(Nc2nc(Cl)nc(NC3CCCCCC3)n2)cc1Cl.COc1ccc(Nc2nc(NC3CCCCCC3)nc(Oc3ccccc3F)n2)cc1Cl.Oc1ccccc1F. The van der Waals surface area contributed by atoms with Gasteiger partial charge in [0.05, 0.1) is 24.3 Å². The molecular formula is C46H51Cl3F2N10O4. The topological polar surface area (TPSA) is 173 Å². The average Bonchev–Trinajstić information content (AvgIpc) is 3.71. The minimum absolute atomic E-state index is 0.0108. The lowest BCUT2D eigenvalue weighted by molar-refractivity contribution is 0.410. The molecule has 0 saturated heterocycles. The van der Waals surface area contributed by atoms with Gasteiger partial charge in [-0.15, -0.1) is 0 Å². The number of benzene rings is 4. The molecule has 19 heteroatoms. The number of rotatable bonds is 12. The summed E-state index contributed by atoms with van der Waals surface area (Å²) in [6, 6.07) is 23.0.